The molecule has 0 spiro atoms. The van der Waals surface area contributed by atoms with E-state index < -0.39 is 9.04 Å². The summed E-state index contributed by atoms with van der Waals surface area (Å²) in [5.41, 5.74) is 2.78. The maximum Gasteiger partial charge on any atom is 0.274 e. The van der Waals surface area contributed by atoms with Gasteiger partial charge in [-0.25, -0.2) is 0 Å². The molecule has 0 aliphatic carbocycles. The van der Waals surface area contributed by atoms with Gasteiger partial charge in [-0.2, -0.15) is 0 Å². The van der Waals surface area contributed by atoms with Crippen LogP contribution in [-0.4, -0.2) is 9.04 Å². The van der Waals surface area contributed by atoms with Gasteiger partial charge in [0.1, 0.15) is 5.75 Å². The molecular weight excluding hydrogens is 280 g/mol. The molecule has 1 aromatic rings. The van der Waals surface area contributed by atoms with Crippen molar-refractivity contribution in [1.82, 2.24) is 0 Å². The molecule has 1 nitrogen and oxygen atoms in total. The zero-order valence-electron chi connectivity index (χ0n) is 10.7. The van der Waals surface area contributed by atoms with Gasteiger partial charge in [-0.3, -0.25) is 0 Å². The molecule has 0 saturated carbocycles. The predicted octanol–water partition coefficient (Wildman–Crippen LogP) is 4.51. The van der Waals surface area contributed by atoms with Crippen LogP contribution in [0, 0.1) is 0 Å². The van der Waals surface area contributed by atoms with Crippen molar-refractivity contribution in [2.24, 2.45) is 0 Å². The minimum absolute atomic E-state index is 0.122. The fourth-order valence-electron chi connectivity index (χ4n) is 1.84. The SMILES string of the molecule is C[Si](C)Oc1cccc(CBr)c1C(C)(C)C. The average molecular weight is 300 g/mol. The van der Waals surface area contributed by atoms with E-state index in [0.29, 0.717) is 0 Å². The number of rotatable bonds is 3. The quantitative estimate of drug-likeness (QED) is 0.589. The Balaban J connectivity index is 3.26. The van der Waals surface area contributed by atoms with Gasteiger partial charge in [0.15, 0.2) is 0 Å². The number of alkyl halides is 1. The van der Waals surface area contributed by atoms with Crippen LogP contribution in [0.15, 0.2) is 18.2 Å². The van der Waals surface area contributed by atoms with Gasteiger partial charge in [0, 0.05) is 10.9 Å². The predicted molar refractivity (Wildman–Crippen MR) is 75.9 cm³/mol. The summed E-state index contributed by atoms with van der Waals surface area (Å²) in [7, 11) is -0.708. The maximum absolute atomic E-state index is 6.00. The second-order valence-electron chi connectivity index (χ2n) is 5.18. The van der Waals surface area contributed by atoms with Crippen molar-refractivity contribution in [2.75, 3.05) is 0 Å². The van der Waals surface area contributed by atoms with E-state index in [1.54, 1.807) is 0 Å². The van der Waals surface area contributed by atoms with Crippen molar-refractivity contribution in [1.29, 1.82) is 0 Å². The van der Waals surface area contributed by atoms with Crippen LogP contribution in [0.25, 0.3) is 0 Å². The van der Waals surface area contributed by atoms with Crippen LogP contribution in [0.4, 0.5) is 0 Å². The summed E-state index contributed by atoms with van der Waals surface area (Å²) in [4.78, 5) is 0. The first-order valence-corrected chi connectivity index (χ1v) is 9.05. The molecule has 0 saturated heterocycles. The van der Waals surface area contributed by atoms with E-state index in [9.17, 15) is 0 Å². The van der Waals surface area contributed by atoms with Gasteiger partial charge in [0.25, 0.3) is 9.04 Å². The highest BCUT2D eigenvalue weighted by atomic mass is 79.9. The van der Waals surface area contributed by atoms with Crippen LogP contribution in [0.1, 0.15) is 31.9 Å². The van der Waals surface area contributed by atoms with E-state index in [0.717, 1.165) is 11.1 Å². The third-order valence-electron chi connectivity index (χ3n) is 2.32. The molecule has 0 N–H and O–H groups in total. The molecule has 0 bridgehead atoms. The third-order valence-corrected chi connectivity index (χ3v) is 3.55. The lowest BCUT2D eigenvalue weighted by Gasteiger charge is -2.26. The second-order valence-corrected chi connectivity index (χ2v) is 7.77. The van der Waals surface area contributed by atoms with E-state index >= 15 is 0 Å². The van der Waals surface area contributed by atoms with Crippen LogP contribution in [0.3, 0.4) is 0 Å². The molecule has 0 atom stereocenters. The zero-order valence-corrected chi connectivity index (χ0v) is 13.3. The van der Waals surface area contributed by atoms with Crippen molar-refractivity contribution in [2.45, 2.75) is 44.6 Å². The summed E-state index contributed by atoms with van der Waals surface area (Å²) < 4.78 is 6.00. The van der Waals surface area contributed by atoms with Crippen molar-refractivity contribution in [3.05, 3.63) is 29.3 Å². The van der Waals surface area contributed by atoms with Crippen LogP contribution in [0.5, 0.6) is 5.75 Å². The number of hydrogen-bond donors (Lipinski definition) is 0. The Morgan fingerprint density at radius 3 is 2.31 bits per heavy atom. The highest BCUT2D eigenvalue weighted by Crippen LogP contribution is 2.35. The zero-order chi connectivity index (χ0) is 12.3. The van der Waals surface area contributed by atoms with Gasteiger partial charge >= 0.3 is 0 Å². The van der Waals surface area contributed by atoms with Crippen molar-refractivity contribution >= 4 is 25.0 Å². The lowest BCUT2D eigenvalue weighted by molar-refractivity contribution is 0.517. The summed E-state index contributed by atoms with van der Waals surface area (Å²) in [6, 6.07) is 6.33. The van der Waals surface area contributed by atoms with Crippen molar-refractivity contribution in [3.8, 4) is 5.75 Å². The highest BCUT2D eigenvalue weighted by Gasteiger charge is 2.22. The van der Waals surface area contributed by atoms with E-state index in [1.807, 2.05) is 0 Å². The fourth-order valence-corrected chi connectivity index (χ4v) is 2.92. The van der Waals surface area contributed by atoms with Gasteiger partial charge in [-0.15, -0.1) is 0 Å². The second kappa shape index (κ2) is 5.37. The van der Waals surface area contributed by atoms with E-state index in [2.05, 4.69) is 68.0 Å². The molecule has 0 heterocycles. The Morgan fingerprint density at radius 1 is 1.25 bits per heavy atom. The van der Waals surface area contributed by atoms with Crippen LogP contribution >= 0.6 is 15.9 Å². The Bertz CT molecular complexity index is 355. The molecule has 0 aliphatic rings. The summed E-state index contributed by atoms with van der Waals surface area (Å²) in [6.45, 7) is 11.0. The fraction of sp³-hybridized carbons (Fsp3) is 0.538. The van der Waals surface area contributed by atoms with Crippen molar-refractivity contribution in [3.63, 3.8) is 0 Å². The Labute approximate surface area is 109 Å². The summed E-state index contributed by atoms with van der Waals surface area (Å²) >= 11 is 3.55. The molecule has 0 aliphatic heterocycles. The molecule has 16 heavy (non-hydrogen) atoms. The molecular formula is C13H20BrOSi. The largest absolute Gasteiger partial charge is 0.542 e. The van der Waals surface area contributed by atoms with E-state index in [-0.39, 0.29) is 5.41 Å². The van der Waals surface area contributed by atoms with Crippen LogP contribution in [-0.2, 0) is 10.7 Å². The van der Waals surface area contributed by atoms with Gasteiger partial charge in [-0.1, -0.05) is 48.8 Å². The maximum atomic E-state index is 6.00. The van der Waals surface area contributed by atoms with Gasteiger partial charge < -0.3 is 4.43 Å². The standard InChI is InChI=1S/C13H20BrOSi/c1-13(2,3)12-10(9-14)7-6-8-11(12)15-16(4)5/h6-8H,9H2,1-5H3. The lowest BCUT2D eigenvalue weighted by Crippen LogP contribution is -2.19. The Morgan fingerprint density at radius 2 is 1.88 bits per heavy atom. The van der Waals surface area contributed by atoms with Crippen LogP contribution < -0.4 is 4.43 Å². The van der Waals surface area contributed by atoms with Gasteiger partial charge in [0.2, 0.25) is 0 Å². The molecule has 0 amide bonds. The van der Waals surface area contributed by atoms with Gasteiger partial charge in [-0.05, 0) is 30.1 Å². The third kappa shape index (κ3) is 3.35. The molecule has 0 aromatic heterocycles. The summed E-state index contributed by atoms with van der Waals surface area (Å²) in [5, 5.41) is 0.881. The van der Waals surface area contributed by atoms with E-state index in [1.165, 1.54) is 11.1 Å². The molecule has 0 fully saturated rings. The minimum atomic E-state index is -0.708. The minimum Gasteiger partial charge on any atom is -0.542 e. The molecule has 1 radical (unpaired) electrons. The number of hydrogen-bond acceptors (Lipinski definition) is 1. The molecule has 0 unspecified atom stereocenters. The van der Waals surface area contributed by atoms with Gasteiger partial charge in [0.05, 0.1) is 0 Å². The lowest BCUT2D eigenvalue weighted by atomic mass is 9.83. The summed E-state index contributed by atoms with van der Waals surface area (Å²) in [6.07, 6.45) is 0. The smallest absolute Gasteiger partial charge is 0.274 e. The molecule has 3 heteroatoms. The molecule has 1 aromatic carbocycles. The monoisotopic (exact) mass is 299 g/mol. The topological polar surface area (TPSA) is 9.23 Å². The average Bonchev–Trinajstić information content (AvgIpc) is 2.14. The summed E-state index contributed by atoms with van der Waals surface area (Å²) in [5.74, 6) is 1.06. The first-order valence-electron chi connectivity index (χ1n) is 5.52. The first-order chi connectivity index (χ1) is 7.36. The highest BCUT2D eigenvalue weighted by molar-refractivity contribution is 9.08. The normalized spacial score (nSPS) is 11.9. The molecule has 89 valence electrons. The van der Waals surface area contributed by atoms with Crippen LogP contribution in [0.2, 0.25) is 13.1 Å². The van der Waals surface area contributed by atoms with E-state index in [4.69, 9.17) is 4.43 Å². The van der Waals surface area contributed by atoms with Crippen molar-refractivity contribution < 1.29 is 4.43 Å². The number of halogens is 1. The molecule has 1 rings (SSSR count). The Kier molecular flexibility index (Phi) is 4.62. The Hall–Kier alpha value is -0.283. The number of benzene rings is 1. The first kappa shape index (κ1) is 13.8.